The van der Waals surface area contributed by atoms with Crippen LogP contribution in [0.5, 0.6) is 0 Å². The van der Waals surface area contributed by atoms with Gasteiger partial charge in [0.05, 0.1) is 5.02 Å². The van der Waals surface area contributed by atoms with E-state index in [1.54, 1.807) is 6.07 Å². The second kappa shape index (κ2) is 9.79. The Bertz CT molecular complexity index is 785. The van der Waals surface area contributed by atoms with Gasteiger partial charge in [-0.05, 0) is 43.9 Å². The molecule has 0 aromatic heterocycles. The number of nitrogens with one attached hydrogen (secondary N) is 1. The predicted molar refractivity (Wildman–Crippen MR) is 112 cm³/mol. The molecule has 1 aliphatic heterocycles. The van der Waals surface area contributed by atoms with Crippen LogP contribution in [0.25, 0.3) is 0 Å². The van der Waals surface area contributed by atoms with Crippen LogP contribution in [0.4, 0.5) is 0 Å². The van der Waals surface area contributed by atoms with Crippen LogP contribution in [-0.4, -0.2) is 37.8 Å². The van der Waals surface area contributed by atoms with Crippen LogP contribution in [0.15, 0.2) is 23.1 Å². The number of sulfonamides is 1. The molecule has 5 nitrogen and oxygen atoms in total. The predicted octanol–water partition coefficient (Wildman–Crippen LogP) is 4.62. The minimum atomic E-state index is -3.72. The van der Waals surface area contributed by atoms with Crippen molar-refractivity contribution < 1.29 is 13.2 Å². The van der Waals surface area contributed by atoms with Gasteiger partial charge in [-0.1, -0.05) is 55.3 Å². The van der Waals surface area contributed by atoms with E-state index in [0.717, 1.165) is 12.8 Å². The van der Waals surface area contributed by atoms with E-state index in [-0.39, 0.29) is 27.8 Å². The fourth-order valence-corrected chi connectivity index (χ4v) is 6.30. The van der Waals surface area contributed by atoms with Crippen LogP contribution >= 0.6 is 23.2 Å². The molecule has 0 atom stereocenters. The van der Waals surface area contributed by atoms with Gasteiger partial charge in [0.15, 0.2) is 0 Å². The lowest BCUT2D eigenvalue weighted by Gasteiger charge is -2.32. The summed E-state index contributed by atoms with van der Waals surface area (Å²) < 4.78 is 27.2. The number of hydrogen-bond donors (Lipinski definition) is 1. The molecule has 1 aliphatic carbocycles. The van der Waals surface area contributed by atoms with Crippen molar-refractivity contribution in [2.75, 3.05) is 13.1 Å². The molecule has 1 aromatic carbocycles. The fourth-order valence-electron chi connectivity index (χ4n) is 4.09. The van der Waals surface area contributed by atoms with Crippen LogP contribution in [0.2, 0.25) is 10.0 Å². The Morgan fingerprint density at radius 1 is 0.964 bits per heavy atom. The molecule has 1 saturated heterocycles. The molecule has 1 aromatic rings. The molecule has 1 saturated carbocycles. The summed E-state index contributed by atoms with van der Waals surface area (Å²) in [6.45, 7) is 0.627. The molecule has 0 unspecified atom stereocenters. The fraction of sp³-hybridized carbons (Fsp3) is 0.650. The van der Waals surface area contributed by atoms with Gasteiger partial charge in [-0.25, -0.2) is 8.42 Å². The lowest BCUT2D eigenvalue weighted by molar-refractivity contribution is -0.127. The molecule has 0 spiro atoms. The Kier molecular flexibility index (Phi) is 7.65. The maximum atomic E-state index is 12.9. The third-order valence-electron chi connectivity index (χ3n) is 5.79. The van der Waals surface area contributed by atoms with Crippen molar-refractivity contribution >= 4 is 39.1 Å². The van der Waals surface area contributed by atoms with Crippen molar-refractivity contribution in [2.45, 2.75) is 68.7 Å². The molecule has 1 amide bonds. The van der Waals surface area contributed by atoms with Gasteiger partial charge in [0.2, 0.25) is 15.9 Å². The Morgan fingerprint density at radius 2 is 1.57 bits per heavy atom. The minimum absolute atomic E-state index is 0.0269. The van der Waals surface area contributed by atoms with E-state index in [2.05, 4.69) is 5.32 Å². The minimum Gasteiger partial charge on any atom is -0.353 e. The van der Waals surface area contributed by atoms with E-state index in [0.29, 0.717) is 31.0 Å². The van der Waals surface area contributed by atoms with Crippen LogP contribution in [0.1, 0.15) is 57.8 Å². The number of amides is 1. The molecule has 3 rings (SSSR count). The van der Waals surface area contributed by atoms with Crippen molar-refractivity contribution in [3.8, 4) is 0 Å². The highest BCUT2D eigenvalue weighted by molar-refractivity contribution is 7.89. The van der Waals surface area contributed by atoms with Gasteiger partial charge in [-0.2, -0.15) is 4.31 Å². The first kappa shape index (κ1) is 21.9. The van der Waals surface area contributed by atoms with Gasteiger partial charge in [-0.3, -0.25) is 4.79 Å². The summed E-state index contributed by atoms with van der Waals surface area (Å²) in [5.74, 6) is -0.0601. The molecule has 1 heterocycles. The highest BCUT2D eigenvalue weighted by atomic mass is 35.5. The molecular formula is C20H28Cl2N2O3S. The third kappa shape index (κ3) is 5.41. The van der Waals surface area contributed by atoms with Crippen molar-refractivity contribution in [3.63, 3.8) is 0 Å². The standard InChI is InChI=1S/C20H28Cl2N2O3S/c21-16-8-9-18(22)19(14-16)28(26,27)24-12-10-15(11-13-24)20(25)23-17-6-4-2-1-3-5-7-17/h8-9,14-15,17H,1-7,10-13H2,(H,23,25). The maximum Gasteiger partial charge on any atom is 0.244 e. The number of halogens is 2. The van der Waals surface area contributed by atoms with Gasteiger partial charge in [0.1, 0.15) is 4.90 Å². The lowest BCUT2D eigenvalue weighted by Crippen LogP contribution is -2.45. The summed E-state index contributed by atoms with van der Waals surface area (Å²) in [7, 11) is -3.72. The topological polar surface area (TPSA) is 66.5 Å². The number of carbonyl (C=O) groups is 1. The van der Waals surface area contributed by atoms with Crippen LogP contribution in [0.3, 0.4) is 0 Å². The largest absolute Gasteiger partial charge is 0.353 e. The smallest absolute Gasteiger partial charge is 0.244 e. The Balaban J connectivity index is 1.57. The Labute approximate surface area is 177 Å². The van der Waals surface area contributed by atoms with Gasteiger partial charge in [0, 0.05) is 30.1 Å². The van der Waals surface area contributed by atoms with Crippen LogP contribution in [-0.2, 0) is 14.8 Å². The van der Waals surface area contributed by atoms with E-state index >= 15 is 0 Å². The van der Waals surface area contributed by atoms with Gasteiger partial charge in [-0.15, -0.1) is 0 Å². The number of carbonyl (C=O) groups excluding carboxylic acids is 1. The highest BCUT2D eigenvalue weighted by Crippen LogP contribution is 2.30. The van der Waals surface area contributed by atoms with Crippen molar-refractivity contribution in [2.24, 2.45) is 5.92 Å². The first-order valence-corrected chi connectivity index (χ1v) is 12.3. The third-order valence-corrected chi connectivity index (χ3v) is 8.40. The average molecular weight is 447 g/mol. The Morgan fingerprint density at radius 3 is 2.21 bits per heavy atom. The quantitative estimate of drug-likeness (QED) is 0.732. The molecule has 2 aliphatic rings. The normalized spacial score (nSPS) is 21.1. The molecule has 28 heavy (non-hydrogen) atoms. The zero-order chi connectivity index (χ0) is 20.1. The zero-order valence-corrected chi connectivity index (χ0v) is 18.3. The van der Waals surface area contributed by atoms with Gasteiger partial charge < -0.3 is 5.32 Å². The second-order valence-corrected chi connectivity index (χ2v) is 10.6. The van der Waals surface area contributed by atoms with E-state index in [1.165, 1.54) is 48.5 Å². The molecule has 2 fully saturated rings. The summed E-state index contributed by atoms with van der Waals surface area (Å²) in [6.07, 6.45) is 9.27. The summed E-state index contributed by atoms with van der Waals surface area (Å²) in [5, 5.41) is 3.70. The number of nitrogens with zero attached hydrogens (tertiary/aromatic N) is 1. The first-order chi connectivity index (χ1) is 13.4. The molecule has 8 heteroatoms. The summed E-state index contributed by atoms with van der Waals surface area (Å²) in [6, 6.07) is 4.70. The molecule has 1 N–H and O–H groups in total. The van der Waals surface area contributed by atoms with E-state index in [1.807, 2.05) is 0 Å². The van der Waals surface area contributed by atoms with E-state index in [9.17, 15) is 13.2 Å². The Hall–Kier alpha value is -0.820. The summed E-state index contributed by atoms with van der Waals surface area (Å²) in [5.41, 5.74) is 0. The average Bonchev–Trinajstić information content (AvgIpc) is 2.65. The second-order valence-electron chi connectivity index (χ2n) is 7.80. The number of hydrogen-bond acceptors (Lipinski definition) is 3. The first-order valence-electron chi connectivity index (χ1n) is 10.1. The van der Waals surface area contributed by atoms with Gasteiger partial charge >= 0.3 is 0 Å². The van der Waals surface area contributed by atoms with Crippen LogP contribution in [0, 0.1) is 5.92 Å². The SMILES string of the molecule is O=C(NC1CCCCCCC1)C1CCN(S(=O)(=O)c2cc(Cl)ccc2Cl)CC1. The summed E-state index contributed by atoms with van der Waals surface area (Å²) >= 11 is 12.0. The molecule has 0 bridgehead atoms. The van der Waals surface area contributed by atoms with E-state index in [4.69, 9.17) is 23.2 Å². The monoisotopic (exact) mass is 446 g/mol. The maximum absolute atomic E-state index is 12.9. The number of rotatable bonds is 4. The zero-order valence-electron chi connectivity index (χ0n) is 16.0. The molecule has 0 radical (unpaired) electrons. The number of piperidine rings is 1. The molecular weight excluding hydrogens is 419 g/mol. The van der Waals surface area contributed by atoms with Gasteiger partial charge in [0.25, 0.3) is 0 Å². The lowest BCUT2D eigenvalue weighted by atomic mass is 9.94. The van der Waals surface area contributed by atoms with Crippen molar-refractivity contribution in [1.82, 2.24) is 9.62 Å². The van der Waals surface area contributed by atoms with Crippen LogP contribution < -0.4 is 5.32 Å². The highest BCUT2D eigenvalue weighted by Gasteiger charge is 2.33. The van der Waals surface area contributed by atoms with Crippen molar-refractivity contribution in [1.29, 1.82) is 0 Å². The molecule has 156 valence electrons. The number of benzene rings is 1. The summed E-state index contributed by atoms with van der Waals surface area (Å²) in [4.78, 5) is 12.7. The van der Waals surface area contributed by atoms with E-state index < -0.39 is 10.0 Å². The van der Waals surface area contributed by atoms with Crippen molar-refractivity contribution in [3.05, 3.63) is 28.2 Å².